The largest absolute Gasteiger partial charge is 0.492 e. The SMILES string of the molecule is O=C(NCC[C@H]1CCCO1)Nc1cccc(OCCn2cccn2)c1. The summed E-state index contributed by atoms with van der Waals surface area (Å²) in [7, 11) is 0. The van der Waals surface area contributed by atoms with E-state index in [0.717, 1.165) is 25.9 Å². The van der Waals surface area contributed by atoms with Crippen LogP contribution in [0.5, 0.6) is 5.75 Å². The molecule has 7 heteroatoms. The first kappa shape index (κ1) is 17.3. The van der Waals surface area contributed by atoms with Gasteiger partial charge in [0.15, 0.2) is 0 Å². The maximum absolute atomic E-state index is 12.0. The van der Waals surface area contributed by atoms with Gasteiger partial charge in [-0.15, -0.1) is 0 Å². The van der Waals surface area contributed by atoms with E-state index in [1.807, 2.05) is 41.2 Å². The minimum Gasteiger partial charge on any atom is -0.492 e. The summed E-state index contributed by atoms with van der Waals surface area (Å²) in [5.41, 5.74) is 0.700. The van der Waals surface area contributed by atoms with Crippen molar-refractivity contribution < 1.29 is 14.3 Å². The van der Waals surface area contributed by atoms with Crippen molar-refractivity contribution in [3.8, 4) is 5.75 Å². The Morgan fingerprint density at radius 2 is 2.36 bits per heavy atom. The fraction of sp³-hybridized carbons (Fsp3) is 0.444. The standard InChI is InChI=1S/C18H24N4O3/c23-18(19-9-7-16-6-2-12-24-16)21-15-4-1-5-17(14-15)25-13-11-22-10-3-8-20-22/h1,3-5,8,10,14,16H,2,6-7,9,11-13H2,(H2,19,21,23)/t16-/m1/s1. The zero-order valence-electron chi connectivity index (χ0n) is 14.2. The molecule has 0 saturated carbocycles. The number of anilines is 1. The van der Waals surface area contributed by atoms with Gasteiger partial charge in [-0.3, -0.25) is 4.68 Å². The van der Waals surface area contributed by atoms with E-state index in [0.29, 0.717) is 31.1 Å². The second-order valence-electron chi connectivity index (χ2n) is 5.95. The van der Waals surface area contributed by atoms with Crippen LogP contribution in [0, 0.1) is 0 Å². The molecule has 1 aliphatic rings. The summed E-state index contributed by atoms with van der Waals surface area (Å²) in [5.74, 6) is 0.712. The van der Waals surface area contributed by atoms with Gasteiger partial charge in [0.05, 0.1) is 12.6 Å². The van der Waals surface area contributed by atoms with Crippen LogP contribution < -0.4 is 15.4 Å². The maximum atomic E-state index is 12.0. The monoisotopic (exact) mass is 344 g/mol. The molecule has 0 spiro atoms. The molecule has 134 valence electrons. The highest BCUT2D eigenvalue weighted by atomic mass is 16.5. The molecule has 0 unspecified atom stereocenters. The average Bonchev–Trinajstić information content (AvgIpc) is 3.29. The van der Waals surface area contributed by atoms with Gasteiger partial charge in [-0.05, 0) is 37.5 Å². The van der Waals surface area contributed by atoms with Crippen molar-refractivity contribution in [3.05, 3.63) is 42.7 Å². The maximum Gasteiger partial charge on any atom is 0.319 e. The number of amides is 2. The van der Waals surface area contributed by atoms with Crippen LogP contribution in [0.3, 0.4) is 0 Å². The number of nitrogens with one attached hydrogen (secondary N) is 2. The molecular weight excluding hydrogens is 320 g/mol. The topological polar surface area (TPSA) is 77.4 Å². The molecule has 2 heterocycles. The Kier molecular flexibility index (Phi) is 6.28. The van der Waals surface area contributed by atoms with Gasteiger partial charge in [-0.1, -0.05) is 6.07 Å². The lowest BCUT2D eigenvalue weighted by Gasteiger charge is -2.12. The number of nitrogens with zero attached hydrogens (tertiary/aromatic N) is 2. The molecule has 0 bridgehead atoms. The lowest BCUT2D eigenvalue weighted by atomic mass is 10.2. The van der Waals surface area contributed by atoms with E-state index in [1.165, 1.54) is 0 Å². The Hall–Kier alpha value is -2.54. The smallest absolute Gasteiger partial charge is 0.319 e. The van der Waals surface area contributed by atoms with E-state index < -0.39 is 0 Å². The van der Waals surface area contributed by atoms with Crippen molar-refractivity contribution in [2.24, 2.45) is 0 Å². The highest BCUT2D eigenvalue weighted by Crippen LogP contribution is 2.17. The van der Waals surface area contributed by atoms with Crippen molar-refractivity contribution in [1.29, 1.82) is 0 Å². The predicted octanol–water partition coefficient (Wildman–Crippen LogP) is 2.65. The molecule has 3 rings (SSSR count). The Labute approximate surface area is 147 Å². The predicted molar refractivity (Wildman–Crippen MR) is 94.8 cm³/mol. The van der Waals surface area contributed by atoms with Crippen molar-refractivity contribution in [1.82, 2.24) is 15.1 Å². The van der Waals surface area contributed by atoms with Crippen LogP contribution in [0.25, 0.3) is 0 Å². The molecule has 7 nitrogen and oxygen atoms in total. The van der Waals surface area contributed by atoms with Gasteiger partial charge >= 0.3 is 6.03 Å². The Bertz CT molecular complexity index is 654. The summed E-state index contributed by atoms with van der Waals surface area (Å²) in [5, 5.41) is 9.80. The summed E-state index contributed by atoms with van der Waals surface area (Å²) < 4.78 is 13.0. The second-order valence-corrected chi connectivity index (χ2v) is 5.95. The third-order valence-electron chi connectivity index (χ3n) is 4.02. The first-order valence-corrected chi connectivity index (χ1v) is 8.66. The number of ether oxygens (including phenoxy) is 2. The molecule has 2 amide bonds. The van der Waals surface area contributed by atoms with Crippen LogP contribution in [0.1, 0.15) is 19.3 Å². The summed E-state index contributed by atoms with van der Waals surface area (Å²) in [6.07, 6.45) is 6.96. The summed E-state index contributed by atoms with van der Waals surface area (Å²) in [4.78, 5) is 12.0. The minimum absolute atomic E-state index is 0.216. The van der Waals surface area contributed by atoms with Gasteiger partial charge < -0.3 is 20.1 Å². The number of hydrogen-bond donors (Lipinski definition) is 2. The van der Waals surface area contributed by atoms with E-state index in [1.54, 1.807) is 6.20 Å². The fourth-order valence-corrected chi connectivity index (χ4v) is 2.75. The quantitative estimate of drug-likeness (QED) is 0.772. The van der Waals surface area contributed by atoms with Crippen molar-refractivity contribution >= 4 is 11.7 Å². The van der Waals surface area contributed by atoms with Gasteiger partial charge in [-0.2, -0.15) is 5.10 Å². The van der Waals surface area contributed by atoms with E-state index in [4.69, 9.17) is 9.47 Å². The zero-order valence-corrected chi connectivity index (χ0v) is 14.2. The number of carbonyl (C=O) groups is 1. The molecular formula is C18H24N4O3. The van der Waals surface area contributed by atoms with Crippen LogP contribution in [0.15, 0.2) is 42.7 Å². The number of rotatable bonds is 8. The van der Waals surface area contributed by atoms with E-state index in [9.17, 15) is 4.79 Å². The van der Waals surface area contributed by atoms with Gasteiger partial charge in [0.25, 0.3) is 0 Å². The third kappa shape index (κ3) is 5.79. The van der Waals surface area contributed by atoms with Crippen molar-refractivity contribution in [3.63, 3.8) is 0 Å². The Balaban J connectivity index is 1.38. The fourth-order valence-electron chi connectivity index (χ4n) is 2.75. The molecule has 0 aliphatic carbocycles. The minimum atomic E-state index is -0.216. The van der Waals surface area contributed by atoms with Gasteiger partial charge in [0.1, 0.15) is 12.4 Å². The third-order valence-corrected chi connectivity index (χ3v) is 4.02. The molecule has 1 aromatic carbocycles. The molecule has 1 aromatic heterocycles. The number of benzene rings is 1. The van der Waals surface area contributed by atoms with Crippen LogP contribution in [0.2, 0.25) is 0 Å². The molecule has 25 heavy (non-hydrogen) atoms. The molecule has 1 aliphatic heterocycles. The normalized spacial score (nSPS) is 16.6. The summed E-state index contributed by atoms with van der Waals surface area (Å²) >= 11 is 0. The Morgan fingerprint density at radius 3 is 3.16 bits per heavy atom. The molecule has 2 aromatic rings. The van der Waals surface area contributed by atoms with Crippen molar-refractivity contribution in [2.45, 2.75) is 31.9 Å². The highest BCUT2D eigenvalue weighted by Gasteiger charge is 2.15. The molecule has 1 fully saturated rings. The molecule has 1 saturated heterocycles. The van der Waals surface area contributed by atoms with E-state index >= 15 is 0 Å². The number of hydrogen-bond acceptors (Lipinski definition) is 4. The zero-order chi connectivity index (χ0) is 17.3. The number of urea groups is 1. The van der Waals surface area contributed by atoms with Crippen LogP contribution in [-0.2, 0) is 11.3 Å². The number of carbonyl (C=O) groups excluding carboxylic acids is 1. The second kappa shape index (κ2) is 9.08. The van der Waals surface area contributed by atoms with Crippen LogP contribution in [0.4, 0.5) is 10.5 Å². The van der Waals surface area contributed by atoms with Gasteiger partial charge in [0.2, 0.25) is 0 Å². The summed E-state index contributed by atoms with van der Waals surface area (Å²) in [6.45, 7) is 2.63. The van der Waals surface area contributed by atoms with Crippen LogP contribution >= 0.6 is 0 Å². The lowest BCUT2D eigenvalue weighted by molar-refractivity contribution is 0.105. The lowest BCUT2D eigenvalue weighted by Crippen LogP contribution is -2.31. The van der Waals surface area contributed by atoms with E-state index in [2.05, 4.69) is 15.7 Å². The molecule has 2 N–H and O–H groups in total. The van der Waals surface area contributed by atoms with Crippen LogP contribution in [-0.4, -0.2) is 41.7 Å². The summed E-state index contributed by atoms with van der Waals surface area (Å²) in [6, 6.07) is 9.02. The van der Waals surface area contributed by atoms with Gasteiger partial charge in [-0.25, -0.2) is 4.79 Å². The van der Waals surface area contributed by atoms with Crippen molar-refractivity contribution in [2.75, 3.05) is 25.1 Å². The van der Waals surface area contributed by atoms with E-state index in [-0.39, 0.29) is 12.1 Å². The first-order chi connectivity index (χ1) is 12.3. The highest BCUT2D eigenvalue weighted by molar-refractivity contribution is 5.89. The molecule has 1 atom stereocenters. The van der Waals surface area contributed by atoms with Gasteiger partial charge in [0, 0.05) is 37.3 Å². The molecule has 0 radical (unpaired) electrons. The number of aromatic nitrogens is 2. The Morgan fingerprint density at radius 1 is 1.40 bits per heavy atom. The average molecular weight is 344 g/mol. The first-order valence-electron chi connectivity index (χ1n) is 8.66.